The molecule has 0 bridgehead atoms. The average molecular weight is 300 g/mol. The van der Waals surface area contributed by atoms with Gasteiger partial charge < -0.3 is 21.1 Å². The van der Waals surface area contributed by atoms with Gasteiger partial charge in [0.2, 0.25) is 5.91 Å². The second kappa shape index (κ2) is 7.43. The van der Waals surface area contributed by atoms with E-state index >= 15 is 0 Å². The van der Waals surface area contributed by atoms with Crippen LogP contribution >= 0.6 is 11.3 Å². The Hall–Kier alpha value is -2.16. The Bertz CT molecular complexity index is 515. The van der Waals surface area contributed by atoms with E-state index in [0.717, 1.165) is 11.3 Å². The largest absolute Gasteiger partial charge is 0.477 e. The minimum absolute atomic E-state index is 0.157. The number of carboxylic acids is 1. The number of rotatable bonds is 6. The molecule has 1 heterocycles. The molecule has 9 heteroatoms. The van der Waals surface area contributed by atoms with Crippen LogP contribution in [0.2, 0.25) is 0 Å². The number of thiazole rings is 1. The number of nitrogens with zero attached hydrogens (tertiary/aromatic N) is 1. The van der Waals surface area contributed by atoms with Crippen LogP contribution in [0.5, 0.6) is 0 Å². The third-order valence-corrected chi connectivity index (χ3v) is 3.37. The molecule has 0 saturated heterocycles. The molecule has 4 N–H and O–H groups in total. The number of aromatic nitrogens is 1. The van der Waals surface area contributed by atoms with Gasteiger partial charge in [-0.05, 0) is 6.92 Å². The fourth-order valence-electron chi connectivity index (χ4n) is 1.36. The highest BCUT2D eigenvalue weighted by atomic mass is 32.1. The molecule has 20 heavy (non-hydrogen) atoms. The van der Waals surface area contributed by atoms with Crippen molar-refractivity contribution in [2.24, 2.45) is 0 Å². The second-order valence-electron chi connectivity index (χ2n) is 3.92. The van der Waals surface area contributed by atoms with Crippen LogP contribution in [0.25, 0.3) is 0 Å². The van der Waals surface area contributed by atoms with Gasteiger partial charge in [-0.3, -0.25) is 4.79 Å². The molecular formula is C11H16N4O4S. The number of carbonyl (C=O) groups excluding carboxylic acids is 2. The van der Waals surface area contributed by atoms with E-state index in [2.05, 4.69) is 20.9 Å². The summed E-state index contributed by atoms with van der Waals surface area (Å²) >= 11 is 1.03. The van der Waals surface area contributed by atoms with E-state index in [0.29, 0.717) is 23.8 Å². The van der Waals surface area contributed by atoms with Crippen LogP contribution in [0.15, 0.2) is 0 Å². The minimum atomic E-state index is -1.02. The molecule has 1 aromatic heterocycles. The Morgan fingerprint density at radius 1 is 1.20 bits per heavy atom. The Balaban J connectivity index is 2.32. The minimum Gasteiger partial charge on any atom is -0.477 e. The van der Waals surface area contributed by atoms with E-state index in [1.807, 2.05) is 0 Å². The van der Waals surface area contributed by atoms with E-state index in [-0.39, 0.29) is 17.3 Å². The Kier molecular flexibility index (Phi) is 5.91. The maximum Gasteiger partial charge on any atom is 0.347 e. The smallest absolute Gasteiger partial charge is 0.347 e. The van der Waals surface area contributed by atoms with E-state index in [9.17, 15) is 14.4 Å². The molecule has 0 fully saturated rings. The zero-order valence-corrected chi connectivity index (χ0v) is 12.0. The number of hydrogen-bond acceptors (Lipinski definition) is 5. The van der Waals surface area contributed by atoms with Gasteiger partial charge in [0.25, 0.3) is 0 Å². The average Bonchev–Trinajstić information content (AvgIpc) is 2.73. The molecule has 0 unspecified atom stereocenters. The van der Waals surface area contributed by atoms with Crippen molar-refractivity contribution in [2.45, 2.75) is 20.4 Å². The highest BCUT2D eigenvalue weighted by Gasteiger charge is 2.14. The topological polar surface area (TPSA) is 120 Å². The van der Waals surface area contributed by atoms with Crippen molar-refractivity contribution in [3.63, 3.8) is 0 Å². The van der Waals surface area contributed by atoms with Crippen LogP contribution in [0.4, 0.5) is 4.79 Å². The number of hydrogen-bond donors (Lipinski definition) is 4. The van der Waals surface area contributed by atoms with Crippen molar-refractivity contribution >= 4 is 29.2 Å². The summed E-state index contributed by atoms with van der Waals surface area (Å²) in [6.07, 6.45) is 0. The van der Waals surface area contributed by atoms with Crippen LogP contribution in [-0.2, 0) is 11.3 Å². The van der Waals surface area contributed by atoms with E-state index < -0.39 is 12.0 Å². The fourth-order valence-corrected chi connectivity index (χ4v) is 2.20. The van der Waals surface area contributed by atoms with Gasteiger partial charge in [-0.2, -0.15) is 0 Å². The summed E-state index contributed by atoms with van der Waals surface area (Å²) < 4.78 is 0. The monoisotopic (exact) mass is 300 g/mol. The van der Waals surface area contributed by atoms with Gasteiger partial charge in [0, 0.05) is 20.0 Å². The van der Waals surface area contributed by atoms with Crippen LogP contribution in [-0.4, -0.2) is 41.1 Å². The zero-order valence-electron chi connectivity index (χ0n) is 11.1. The summed E-state index contributed by atoms with van der Waals surface area (Å²) in [5, 5.41) is 17.1. The SMILES string of the molecule is CC(=O)NCCNC(=O)NCc1nc(C)c(C(=O)O)s1. The van der Waals surface area contributed by atoms with Crippen LogP contribution in [0.1, 0.15) is 27.3 Å². The Morgan fingerprint density at radius 2 is 1.85 bits per heavy atom. The van der Waals surface area contributed by atoms with Gasteiger partial charge in [-0.25, -0.2) is 14.6 Å². The number of nitrogens with one attached hydrogen (secondary N) is 3. The first-order valence-electron chi connectivity index (χ1n) is 5.86. The van der Waals surface area contributed by atoms with Gasteiger partial charge in [-0.1, -0.05) is 0 Å². The summed E-state index contributed by atoms with van der Waals surface area (Å²) in [6, 6.07) is -0.403. The summed E-state index contributed by atoms with van der Waals surface area (Å²) in [4.78, 5) is 37.1. The van der Waals surface area contributed by atoms with Gasteiger partial charge in [0.1, 0.15) is 9.88 Å². The molecule has 0 aliphatic heterocycles. The molecule has 0 atom stereocenters. The van der Waals surface area contributed by atoms with Crippen LogP contribution in [0.3, 0.4) is 0 Å². The molecule has 0 radical (unpaired) electrons. The van der Waals surface area contributed by atoms with Crippen molar-refractivity contribution in [1.82, 2.24) is 20.9 Å². The quantitative estimate of drug-likeness (QED) is 0.555. The van der Waals surface area contributed by atoms with E-state index in [1.165, 1.54) is 6.92 Å². The first-order valence-corrected chi connectivity index (χ1v) is 6.67. The normalized spacial score (nSPS) is 9.90. The van der Waals surface area contributed by atoms with Crippen molar-refractivity contribution in [3.8, 4) is 0 Å². The summed E-state index contributed by atoms with van der Waals surface area (Å²) in [6.45, 7) is 3.82. The lowest BCUT2D eigenvalue weighted by atomic mass is 10.4. The lowest BCUT2D eigenvalue weighted by Gasteiger charge is -2.06. The van der Waals surface area contributed by atoms with Crippen LogP contribution in [0, 0.1) is 6.92 Å². The van der Waals surface area contributed by atoms with E-state index in [4.69, 9.17) is 5.11 Å². The molecule has 1 aromatic rings. The Labute approximate surface area is 119 Å². The lowest BCUT2D eigenvalue weighted by Crippen LogP contribution is -2.39. The van der Waals surface area contributed by atoms with E-state index in [1.54, 1.807) is 6.92 Å². The third kappa shape index (κ3) is 5.22. The second-order valence-corrected chi connectivity index (χ2v) is 5.00. The molecule has 8 nitrogen and oxygen atoms in total. The maximum absolute atomic E-state index is 11.4. The molecule has 0 aromatic carbocycles. The lowest BCUT2D eigenvalue weighted by molar-refractivity contribution is -0.118. The van der Waals surface area contributed by atoms with Crippen LogP contribution < -0.4 is 16.0 Å². The molecule has 3 amide bonds. The van der Waals surface area contributed by atoms with Gasteiger partial charge in [0.05, 0.1) is 12.2 Å². The third-order valence-electron chi connectivity index (χ3n) is 2.22. The summed E-state index contributed by atoms with van der Waals surface area (Å²) in [7, 11) is 0. The zero-order chi connectivity index (χ0) is 15.1. The van der Waals surface area contributed by atoms with Gasteiger partial charge in [0.15, 0.2) is 0 Å². The van der Waals surface area contributed by atoms with Crippen molar-refractivity contribution in [3.05, 3.63) is 15.6 Å². The summed E-state index contributed by atoms with van der Waals surface area (Å²) in [5.41, 5.74) is 0.436. The van der Waals surface area contributed by atoms with Gasteiger partial charge >= 0.3 is 12.0 Å². The number of aromatic carboxylic acids is 1. The molecule has 110 valence electrons. The summed E-state index contributed by atoms with van der Waals surface area (Å²) in [5.74, 6) is -1.18. The molecule has 0 saturated carbocycles. The molecular weight excluding hydrogens is 284 g/mol. The first-order chi connectivity index (χ1) is 9.40. The predicted molar refractivity (Wildman–Crippen MR) is 72.7 cm³/mol. The predicted octanol–water partition coefficient (Wildman–Crippen LogP) is 0.0850. The number of aryl methyl sites for hydroxylation is 1. The molecule has 0 spiro atoms. The highest BCUT2D eigenvalue weighted by molar-refractivity contribution is 7.13. The number of carbonyl (C=O) groups is 3. The Morgan fingerprint density at radius 3 is 2.40 bits per heavy atom. The highest BCUT2D eigenvalue weighted by Crippen LogP contribution is 2.17. The standard InChI is InChI=1S/C11H16N4O4S/c1-6-9(10(17)18)20-8(15-6)5-14-11(19)13-4-3-12-7(2)16/h3-5H2,1-2H3,(H,12,16)(H,17,18)(H2,13,14,19). The molecule has 0 aliphatic rings. The molecule has 0 aliphatic carbocycles. The first kappa shape index (κ1) is 15.9. The molecule has 1 rings (SSSR count). The van der Waals surface area contributed by atoms with Crippen molar-refractivity contribution in [1.29, 1.82) is 0 Å². The number of carboxylic acid groups (broad SMARTS) is 1. The number of urea groups is 1. The van der Waals surface area contributed by atoms with Gasteiger partial charge in [-0.15, -0.1) is 11.3 Å². The number of amides is 3. The fraction of sp³-hybridized carbons (Fsp3) is 0.455. The van der Waals surface area contributed by atoms with Crippen molar-refractivity contribution < 1.29 is 19.5 Å². The van der Waals surface area contributed by atoms with Crippen molar-refractivity contribution in [2.75, 3.05) is 13.1 Å². The maximum atomic E-state index is 11.4.